The van der Waals surface area contributed by atoms with Crippen LogP contribution in [0.5, 0.6) is 0 Å². The summed E-state index contributed by atoms with van der Waals surface area (Å²) in [5.74, 6) is 0. The average Bonchev–Trinajstić information content (AvgIpc) is 2.22. The molecule has 0 saturated carbocycles. The van der Waals surface area contributed by atoms with Crippen molar-refractivity contribution in [1.29, 1.82) is 0 Å². The first-order chi connectivity index (χ1) is 7.58. The van der Waals surface area contributed by atoms with Gasteiger partial charge in [-0.1, -0.05) is 29.8 Å². The fraction of sp³-hybridized carbons (Fsp3) is 0.143. The van der Waals surface area contributed by atoms with E-state index in [1.54, 1.807) is 0 Å². The molecule has 2 aromatic rings. The molecule has 4 N–H and O–H groups in total. The van der Waals surface area contributed by atoms with Gasteiger partial charge in [0.05, 0.1) is 11.4 Å². The van der Waals surface area contributed by atoms with Crippen LogP contribution in [-0.2, 0) is 0 Å². The topological polar surface area (TPSA) is 52.0 Å². The van der Waals surface area contributed by atoms with Crippen molar-refractivity contribution in [2.75, 3.05) is 11.5 Å². The Bertz CT molecular complexity index is 530. The monoisotopic (exact) mass is 212 g/mol. The summed E-state index contributed by atoms with van der Waals surface area (Å²) in [7, 11) is 0. The maximum absolute atomic E-state index is 5.81. The fourth-order valence-electron chi connectivity index (χ4n) is 1.88. The van der Waals surface area contributed by atoms with Crippen molar-refractivity contribution in [2.24, 2.45) is 0 Å². The molecule has 0 radical (unpaired) electrons. The second kappa shape index (κ2) is 3.89. The van der Waals surface area contributed by atoms with Crippen LogP contribution in [-0.4, -0.2) is 0 Å². The van der Waals surface area contributed by atoms with Gasteiger partial charge in [0.2, 0.25) is 0 Å². The number of nitrogens with two attached hydrogens (primary N) is 2. The number of nitrogen functional groups attached to an aromatic ring is 2. The predicted molar refractivity (Wildman–Crippen MR) is 70.2 cm³/mol. The van der Waals surface area contributed by atoms with Crippen molar-refractivity contribution >= 4 is 11.4 Å². The van der Waals surface area contributed by atoms with E-state index >= 15 is 0 Å². The molecule has 16 heavy (non-hydrogen) atoms. The molecule has 0 aliphatic rings. The standard InChI is InChI=1S/C14H16N2/c1-9-3-5-12(10(2)7-9)11-4-6-13(15)14(16)8-11/h3-8H,15-16H2,1-2H3. The van der Waals surface area contributed by atoms with Crippen LogP contribution in [0.1, 0.15) is 11.1 Å². The predicted octanol–water partition coefficient (Wildman–Crippen LogP) is 3.13. The van der Waals surface area contributed by atoms with E-state index in [-0.39, 0.29) is 0 Å². The van der Waals surface area contributed by atoms with Crippen LogP contribution in [0.3, 0.4) is 0 Å². The number of benzene rings is 2. The summed E-state index contributed by atoms with van der Waals surface area (Å²) < 4.78 is 0. The van der Waals surface area contributed by atoms with Gasteiger partial charge in [0, 0.05) is 0 Å². The van der Waals surface area contributed by atoms with Crippen molar-refractivity contribution in [1.82, 2.24) is 0 Å². The molecule has 0 atom stereocenters. The second-order valence-electron chi connectivity index (χ2n) is 4.16. The minimum atomic E-state index is 0.633. The van der Waals surface area contributed by atoms with E-state index in [9.17, 15) is 0 Å². The Morgan fingerprint density at radius 2 is 1.56 bits per heavy atom. The Morgan fingerprint density at radius 1 is 0.812 bits per heavy atom. The van der Waals surface area contributed by atoms with Gasteiger partial charge in [-0.05, 0) is 42.7 Å². The molecule has 2 nitrogen and oxygen atoms in total. The molecule has 0 spiro atoms. The largest absolute Gasteiger partial charge is 0.397 e. The molecule has 0 heterocycles. The van der Waals surface area contributed by atoms with Crippen molar-refractivity contribution in [3.05, 3.63) is 47.5 Å². The first-order valence-corrected chi connectivity index (χ1v) is 5.30. The first-order valence-electron chi connectivity index (χ1n) is 5.30. The van der Waals surface area contributed by atoms with Gasteiger partial charge in [-0.15, -0.1) is 0 Å². The lowest BCUT2D eigenvalue weighted by Crippen LogP contribution is -1.94. The second-order valence-corrected chi connectivity index (χ2v) is 4.16. The number of anilines is 2. The Labute approximate surface area is 95.9 Å². The smallest absolute Gasteiger partial charge is 0.0554 e. The highest BCUT2D eigenvalue weighted by Crippen LogP contribution is 2.28. The minimum Gasteiger partial charge on any atom is -0.397 e. The molecule has 0 bridgehead atoms. The highest BCUT2D eigenvalue weighted by atomic mass is 14.7. The van der Waals surface area contributed by atoms with Crippen LogP contribution in [0.2, 0.25) is 0 Å². The summed E-state index contributed by atoms with van der Waals surface area (Å²) in [6.45, 7) is 4.20. The molecule has 2 aromatic carbocycles. The summed E-state index contributed by atoms with van der Waals surface area (Å²) in [6.07, 6.45) is 0. The summed E-state index contributed by atoms with van der Waals surface area (Å²) in [5.41, 5.74) is 17.6. The summed E-state index contributed by atoms with van der Waals surface area (Å²) in [5, 5.41) is 0. The third-order valence-electron chi connectivity index (χ3n) is 2.78. The average molecular weight is 212 g/mol. The van der Waals surface area contributed by atoms with Gasteiger partial charge in [-0.25, -0.2) is 0 Å². The van der Waals surface area contributed by atoms with Crippen LogP contribution in [0.25, 0.3) is 11.1 Å². The molecule has 0 saturated heterocycles. The molecule has 0 aliphatic carbocycles. The van der Waals surface area contributed by atoms with Crippen LogP contribution >= 0.6 is 0 Å². The van der Waals surface area contributed by atoms with Gasteiger partial charge in [0.15, 0.2) is 0 Å². The highest BCUT2D eigenvalue weighted by molar-refractivity contribution is 5.76. The Kier molecular flexibility index (Phi) is 2.57. The number of hydrogen-bond donors (Lipinski definition) is 2. The van der Waals surface area contributed by atoms with Gasteiger partial charge in [-0.3, -0.25) is 0 Å². The van der Waals surface area contributed by atoms with E-state index in [4.69, 9.17) is 11.5 Å². The molecule has 0 unspecified atom stereocenters. The van der Waals surface area contributed by atoms with Gasteiger partial charge >= 0.3 is 0 Å². The molecule has 2 rings (SSSR count). The van der Waals surface area contributed by atoms with E-state index in [0.717, 1.165) is 5.56 Å². The minimum absolute atomic E-state index is 0.633. The SMILES string of the molecule is Cc1ccc(-c2ccc(N)c(N)c2)c(C)c1. The van der Waals surface area contributed by atoms with E-state index < -0.39 is 0 Å². The maximum Gasteiger partial charge on any atom is 0.0554 e. The lowest BCUT2D eigenvalue weighted by molar-refractivity contribution is 1.38. The van der Waals surface area contributed by atoms with Gasteiger partial charge in [0.1, 0.15) is 0 Å². The summed E-state index contributed by atoms with van der Waals surface area (Å²) >= 11 is 0. The van der Waals surface area contributed by atoms with Crippen LogP contribution in [0.4, 0.5) is 11.4 Å². The van der Waals surface area contributed by atoms with Crippen LogP contribution in [0.15, 0.2) is 36.4 Å². The number of rotatable bonds is 1. The summed E-state index contributed by atoms with van der Waals surface area (Å²) in [6, 6.07) is 12.2. The van der Waals surface area contributed by atoms with Gasteiger partial charge in [-0.2, -0.15) is 0 Å². The van der Waals surface area contributed by atoms with Gasteiger partial charge in [0.25, 0.3) is 0 Å². The van der Waals surface area contributed by atoms with Crippen molar-refractivity contribution in [3.63, 3.8) is 0 Å². The first kappa shape index (κ1) is 10.6. The van der Waals surface area contributed by atoms with E-state index in [1.165, 1.54) is 16.7 Å². The number of aryl methyl sites for hydroxylation is 2. The molecule has 0 aromatic heterocycles. The lowest BCUT2D eigenvalue weighted by Gasteiger charge is -2.09. The Morgan fingerprint density at radius 3 is 2.19 bits per heavy atom. The third kappa shape index (κ3) is 1.87. The Balaban J connectivity index is 2.54. The Hall–Kier alpha value is -1.96. The normalized spacial score (nSPS) is 10.4. The van der Waals surface area contributed by atoms with Gasteiger partial charge < -0.3 is 11.5 Å². The molecule has 0 amide bonds. The molecule has 82 valence electrons. The zero-order valence-corrected chi connectivity index (χ0v) is 9.62. The maximum atomic E-state index is 5.81. The third-order valence-corrected chi connectivity index (χ3v) is 2.78. The fourth-order valence-corrected chi connectivity index (χ4v) is 1.88. The van der Waals surface area contributed by atoms with Crippen LogP contribution in [0, 0.1) is 13.8 Å². The van der Waals surface area contributed by atoms with Crippen molar-refractivity contribution in [2.45, 2.75) is 13.8 Å². The van der Waals surface area contributed by atoms with E-state index in [2.05, 4.69) is 32.0 Å². The van der Waals surface area contributed by atoms with Crippen molar-refractivity contribution < 1.29 is 0 Å². The summed E-state index contributed by atoms with van der Waals surface area (Å²) in [4.78, 5) is 0. The van der Waals surface area contributed by atoms with E-state index in [1.807, 2.05) is 18.2 Å². The molecule has 0 aliphatic heterocycles. The highest BCUT2D eigenvalue weighted by Gasteiger charge is 2.03. The molecular weight excluding hydrogens is 196 g/mol. The molecule has 2 heteroatoms. The lowest BCUT2D eigenvalue weighted by atomic mass is 9.98. The zero-order valence-electron chi connectivity index (χ0n) is 9.62. The number of hydrogen-bond acceptors (Lipinski definition) is 2. The molecular formula is C14H16N2. The quantitative estimate of drug-likeness (QED) is 0.713. The van der Waals surface area contributed by atoms with Crippen molar-refractivity contribution in [3.8, 4) is 11.1 Å². The van der Waals surface area contributed by atoms with E-state index in [0.29, 0.717) is 11.4 Å². The van der Waals surface area contributed by atoms with Crippen LogP contribution < -0.4 is 11.5 Å². The zero-order chi connectivity index (χ0) is 11.7. The molecule has 0 fully saturated rings.